The van der Waals surface area contributed by atoms with Gasteiger partial charge in [-0.2, -0.15) is 0 Å². The Morgan fingerprint density at radius 3 is 2.89 bits per heavy atom. The quantitative estimate of drug-likeness (QED) is 0.739. The van der Waals surface area contributed by atoms with Gasteiger partial charge in [0, 0.05) is 43.7 Å². The molecule has 8 heteroatoms. The Balaban J connectivity index is 1.45. The van der Waals surface area contributed by atoms with Crippen molar-refractivity contribution in [3.05, 3.63) is 71.7 Å². The molecule has 1 aliphatic rings. The highest BCUT2D eigenvalue weighted by Gasteiger charge is 2.18. The zero-order valence-corrected chi connectivity index (χ0v) is 14.2. The van der Waals surface area contributed by atoms with E-state index >= 15 is 0 Å². The molecule has 0 bridgehead atoms. The van der Waals surface area contributed by atoms with Crippen molar-refractivity contribution in [3.63, 3.8) is 0 Å². The Morgan fingerprint density at radius 2 is 2.11 bits per heavy atom. The molecule has 0 radical (unpaired) electrons. The number of ether oxygens (including phenoxy) is 1. The molecule has 0 unspecified atom stereocenters. The molecule has 0 saturated carbocycles. The van der Waals surface area contributed by atoms with Gasteiger partial charge in [-0.3, -0.25) is 4.79 Å². The number of anilines is 1. The molecule has 4 rings (SSSR count). The van der Waals surface area contributed by atoms with Crippen LogP contribution in [0.3, 0.4) is 0 Å². The third-order valence-electron chi connectivity index (χ3n) is 4.25. The Hall–Kier alpha value is -3.26. The van der Waals surface area contributed by atoms with Crippen molar-refractivity contribution in [2.24, 2.45) is 0 Å². The van der Waals surface area contributed by atoms with Crippen molar-refractivity contribution in [3.8, 4) is 11.6 Å². The first-order chi connectivity index (χ1) is 13.1. The molecule has 0 saturated heterocycles. The Kier molecular flexibility index (Phi) is 4.55. The van der Waals surface area contributed by atoms with Crippen molar-refractivity contribution < 1.29 is 18.3 Å². The van der Waals surface area contributed by atoms with Gasteiger partial charge in [0.15, 0.2) is 11.6 Å². The summed E-state index contributed by atoms with van der Waals surface area (Å²) in [7, 11) is 0. The fraction of sp³-hybridized carbons (Fsp3) is 0.158. The van der Waals surface area contributed by atoms with E-state index in [1.54, 1.807) is 12.1 Å². The van der Waals surface area contributed by atoms with E-state index in [-0.39, 0.29) is 17.5 Å². The smallest absolute Gasteiger partial charge is 0.257 e. The number of fused-ring (bicyclic) bond motifs is 1. The fourth-order valence-electron chi connectivity index (χ4n) is 2.91. The normalized spacial score (nSPS) is 13.1. The van der Waals surface area contributed by atoms with Gasteiger partial charge in [0.1, 0.15) is 5.82 Å². The van der Waals surface area contributed by atoms with Crippen LogP contribution in [0.25, 0.3) is 0 Å². The summed E-state index contributed by atoms with van der Waals surface area (Å²) in [5.41, 5.74) is 2.03. The number of aromatic nitrogens is 2. The van der Waals surface area contributed by atoms with E-state index in [4.69, 9.17) is 4.74 Å². The van der Waals surface area contributed by atoms with Crippen molar-refractivity contribution in [1.29, 1.82) is 0 Å². The number of nitrogens with zero attached hydrogens (tertiary/aromatic N) is 2. The fourth-order valence-corrected chi connectivity index (χ4v) is 2.91. The monoisotopic (exact) mass is 370 g/mol. The maximum absolute atomic E-state index is 13.6. The van der Waals surface area contributed by atoms with Crippen LogP contribution in [0.4, 0.5) is 14.5 Å². The van der Waals surface area contributed by atoms with Crippen molar-refractivity contribution in [2.45, 2.75) is 13.1 Å². The summed E-state index contributed by atoms with van der Waals surface area (Å²) in [6.45, 7) is 2.35. The predicted molar refractivity (Wildman–Crippen MR) is 94.8 cm³/mol. The number of carbonyl (C=O) groups excluding carboxylic acids is 1. The summed E-state index contributed by atoms with van der Waals surface area (Å²) < 4.78 is 33.9. The molecule has 1 amide bonds. The highest BCUT2D eigenvalue weighted by Crippen LogP contribution is 2.24. The number of pyridine rings is 1. The maximum atomic E-state index is 13.6. The molecule has 1 aliphatic heterocycles. The average Bonchev–Trinajstić information content (AvgIpc) is 3.10. The summed E-state index contributed by atoms with van der Waals surface area (Å²) >= 11 is 0. The number of hydrogen-bond acceptors (Lipinski definition) is 4. The molecule has 138 valence electrons. The van der Waals surface area contributed by atoms with Gasteiger partial charge in [-0.25, -0.2) is 13.8 Å². The molecule has 3 aromatic rings. The van der Waals surface area contributed by atoms with Gasteiger partial charge in [-0.15, -0.1) is 0 Å². The van der Waals surface area contributed by atoms with Crippen molar-refractivity contribution in [1.82, 2.24) is 14.9 Å². The summed E-state index contributed by atoms with van der Waals surface area (Å²) in [4.78, 5) is 16.5. The van der Waals surface area contributed by atoms with E-state index < -0.39 is 11.6 Å². The van der Waals surface area contributed by atoms with Gasteiger partial charge < -0.3 is 19.9 Å². The predicted octanol–water partition coefficient (Wildman–Crippen LogP) is 3.31. The number of hydrogen-bond donors (Lipinski definition) is 2. The lowest BCUT2D eigenvalue weighted by atomic mass is 10.2. The molecule has 2 N–H and O–H groups in total. The van der Waals surface area contributed by atoms with Crippen LogP contribution in [0.5, 0.6) is 11.6 Å². The minimum Gasteiger partial charge on any atom is -0.436 e. The first kappa shape index (κ1) is 17.2. The number of halogens is 2. The third kappa shape index (κ3) is 3.65. The second kappa shape index (κ2) is 7.16. The van der Waals surface area contributed by atoms with E-state index in [1.165, 1.54) is 18.3 Å². The van der Waals surface area contributed by atoms with Gasteiger partial charge >= 0.3 is 0 Å². The topological polar surface area (TPSA) is 68.2 Å². The summed E-state index contributed by atoms with van der Waals surface area (Å²) in [5, 5.41) is 6.02. The van der Waals surface area contributed by atoms with Gasteiger partial charge in [-0.05, 0) is 24.3 Å². The van der Waals surface area contributed by atoms with Crippen LogP contribution in [0, 0.1) is 11.6 Å². The second-order valence-corrected chi connectivity index (χ2v) is 6.06. The summed E-state index contributed by atoms with van der Waals surface area (Å²) in [5.74, 6) is -1.74. The zero-order valence-electron chi connectivity index (χ0n) is 14.2. The molecule has 0 aliphatic carbocycles. The number of carbonyl (C=O) groups is 1. The molecular weight excluding hydrogens is 354 g/mol. The molecule has 0 spiro atoms. The maximum Gasteiger partial charge on any atom is 0.257 e. The Morgan fingerprint density at radius 1 is 1.22 bits per heavy atom. The van der Waals surface area contributed by atoms with E-state index in [1.807, 2.05) is 6.20 Å². The molecule has 0 fully saturated rings. The first-order valence-corrected chi connectivity index (χ1v) is 8.39. The van der Waals surface area contributed by atoms with Gasteiger partial charge in [0.05, 0.1) is 17.4 Å². The van der Waals surface area contributed by atoms with Gasteiger partial charge in [0.2, 0.25) is 5.88 Å². The minimum absolute atomic E-state index is 0.129. The minimum atomic E-state index is -0.818. The molecule has 27 heavy (non-hydrogen) atoms. The van der Waals surface area contributed by atoms with Crippen LogP contribution in [-0.4, -0.2) is 22.0 Å². The summed E-state index contributed by atoms with van der Waals surface area (Å²) in [6.07, 6.45) is 3.31. The van der Waals surface area contributed by atoms with Crippen molar-refractivity contribution in [2.75, 3.05) is 11.9 Å². The van der Waals surface area contributed by atoms with Crippen LogP contribution in [0.15, 0.2) is 48.8 Å². The number of rotatable bonds is 4. The average molecular weight is 370 g/mol. The molecule has 3 heterocycles. The third-order valence-corrected chi connectivity index (χ3v) is 4.25. The zero-order chi connectivity index (χ0) is 18.8. The molecule has 6 nitrogen and oxygen atoms in total. The Bertz CT molecular complexity index is 986. The highest BCUT2D eigenvalue weighted by atomic mass is 19.1. The van der Waals surface area contributed by atoms with Crippen LogP contribution in [-0.2, 0) is 13.1 Å². The molecular formula is C19H16F2N4O2. The SMILES string of the molecule is O=C(Nc1ccc(Oc2ccc(F)cc2F)nc1)c1ccn2c1CNCC2. The standard InChI is InChI=1S/C19H16F2N4O2/c20-12-1-3-17(15(21)9-12)27-18-4-2-13(10-23-18)24-19(26)14-5-7-25-8-6-22-11-16(14)25/h1-5,7,9-10,22H,6,8,11H2,(H,24,26). The molecule has 0 atom stereocenters. The van der Waals surface area contributed by atoms with Gasteiger partial charge in [-0.1, -0.05) is 0 Å². The molecule has 2 aromatic heterocycles. The highest BCUT2D eigenvalue weighted by molar-refractivity contribution is 6.05. The van der Waals surface area contributed by atoms with E-state index in [0.29, 0.717) is 17.8 Å². The Labute approximate surface area is 153 Å². The van der Waals surface area contributed by atoms with Crippen molar-refractivity contribution >= 4 is 11.6 Å². The van der Waals surface area contributed by atoms with Crippen LogP contribution < -0.4 is 15.4 Å². The van der Waals surface area contributed by atoms with Crippen LogP contribution in [0.1, 0.15) is 16.1 Å². The van der Waals surface area contributed by atoms with Crippen LogP contribution >= 0.6 is 0 Å². The number of nitrogens with one attached hydrogen (secondary N) is 2. The van der Waals surface area contributed by atoms with Crippen LogP contribution in [0.2, 0.25) is 0 Å². The van der Waals surface area contributed by atoms with Gasteiger partial charge in [0.25, 0.3) is 5.91 Å². The number of benzene rings is 1. The lowest BCUT2D eigenvalue weighted by Crippen LogP contribution is -2.29. The summed E-state index contributed by atoms with van der Waals surface area (Å²) in [6, 6.07) is 7.90. The second-order valence-electron chi connectivity index (χ2n) is 6.06. The lowest BCUT2D eigenvalue weighted by molar-refractivity contribution is 0.102. The first-order valence-electron chi connectivity index (χ1n) is 8.39. The van der Waals surface area contributed by atoms with E-state index in [2.05, 4.69) is 20.2 Å². The number of amides is 1. The largest absolute Gasteiger partial charge is 0.436 e. The van der Waals surface area contributed by atoms with E-state index in [9.17, 15) is 13.6 Å². The lowest BCUT2D eigenvalue weighted by Gasteiger charge is -2.17. The molecule has 1 aromatic carbocycles. The van der Waals surface area contributed by atoms with E-state index in [0.717, 1.165) is 30.9 Å².